The third-order valence-electron chi connectivity index (χ3n) is 2.43. The SMILES string of the molecule is Cc1cc2c(cc1NCC(C)(C)O)OCO2. The summed E-state index contributed by atoms with van der Waals surface area (Å²) in [7, 11) is 0. The van der Waals surface area contributed by atoms with E-state index >= 15 is 0 Å². The molecular weight excluding hydrogens is 206 g/mol. The molecule has 0 bridgehead atoms. The van der Waals surface area contributed by atoms with Gasteiger partial charge in [-0.25, -0.2) is 0 Å². The van der Waals surface area contributed by atoms with Crippen LogP contribution < -0.4 is 14.8 Å². The predicted molar refractivity (Wildman–Crippen MR) is 62.1 cm³/mol. The number of anilines is 1. The second kappa shape index (κ2) is 3.87. The van der Waals surface area contributed by atoms with Crippen LogP contribution in [0.5, 0.6) is 11.5 Å². The summed E-state index contributed by atoms with van der Waals surface area (Å²) in [6.45, 7) is 6.30. The van der Waals surface area contributed by atoms with E-state index in [1.165, 1.54) is 0 Å². The van der Waals surface area contributed by atoms with Crippen molar-refractivity contribution in [1.82, 2.24) is 0 Å². The zero-order valence-electron chi connectivity index (χ0n) is 9.83. The normalized spacial score (nSPS) is 14.0. The highest BCUT2D eigenvalue weighted by Gasteiger charge is 2.17. The zero-order chi connectivity index (χ0) is 11.8. The van der Waals surface area contributed by atoms with Gasteiger partial charge in [-0.05, 0) is 32.4 Å². The van der Waals surface area contributed by atoms with Crippen LogP contribution in [-0.4, -0.2) is 24.0 Å². The minimum absolute atomic E-state index is 0.281. The lowest BCUT2D eigenvalue weighted by molar-refractivity contribution is 0.0945. The molecule has 0 amide bonds. The van der Waals surface area contributed by atoms with Crippen LogP contribution in [0.4, 0.5) is 5.69 Å². The third-order valence-corrected chi connectivity index (χ3v) is 2.43. The number of aryl methyl sites for hydroxylation is 1. The van der Waals surface area contributed by atoms with Crippen molar-refractivity contribution in [3.8, 4) is 11.5 Å². The van der Waals surface area contributed by atoms with Crippen LogP contribution in [-0.2, 0) is 0 Å². The van der Waals surface area contributed by atoms with E-state index in [4.69, 9.17) is 9.47 Å². The molecule has 88 valence electrons. The maximum atomic E-state index is 9.64. The maximum absolute atomic E-state index is 9.64. The summed E-state index contributed by atoms with van der Waals surface area (Å²) in [5, 5.41) is 12.8. The largest absolute Gasteiger partial charge is 0.454 e. The number of fused-ring (bicyclic) bond motifs is 1. The quantitative estimate of drug-likeness (QED) is 0.821. The molecular formula is C12H17NO3. The Bertz CT molecular complexity index is 396. The highest BCUT2D eigenvalue weighted by Crippen LogP contribution is 2.36. The fraction of sp³-hybridized carbons (Fsp3) is 0.500. The van der Waals surface area contributed by atoms with Crippen molar-refractivity contribution in [2.24, 2.45) is 0 Å². The zero-order valence-corrected chi connectivity index (χ0v) is 9.83. The Morgan fingerprint density at radius 1 is 1.31 bits per heavy atom. The van der Waals surface area contributed by atoms with E-state index in [1.54, 1.807) is 13.8 Å². The Morgan fingerprint density at radius 3 is 2.56 bits per heavy atom. The molecule has 0 saturated carbocycles. The monoisotopic (exact) mass is 223 g/mol. The van der Waals surface area contributed by atoms with Crippen molar-refractivity contribution in [2.45, 2.75) is 26.4 Å². The summed E-state index contributed by atoms with van der Waals surface area (Å²) in [4.78, 5) is 0. The molecule has 16 heavy (non-hydrogen) atoms. The average Bonchev–Trinajstić information content (AvgIpc) is 2.59. The summed E-state index contributed by atoms with van der Waals surface area (Å²) < 4.78 is 10.6. The average molecular weight is 223 g/mol. The van der Waals surface area contributed by atoms with Crippen molar-refractivity contribution < 1.29 is 14.6 Å². The second-order valence-electron chi connectivity index (χ2n) is 4.69. The number of ether oxygens (including phenoxy) is 2. The summed E-state index contributed by atoms with van der Waals surface area (Å²) >= 11 is 0. The van der Waals surface area contributed by atoms with Gasteiger partial charge in [0, 0.05) is 18.3 Å². The van der Waals surface area contributed by atoms with Gasteiger partial charge in [-0.1, -0.05) is 0 Å². The number of rotatable bonds is 3. The van der Waals surface area contributed by atoms with Crippen LogP contribution in [0.3, 0.4) is 0 Å². The summed E-state index contributed by atoms with van der Waals surface area (Å²) in [6, 6.07) is 3.85. The van der Waals surface area contributed by atoms with E-state index in [2.05, 4.69) is 5.32 Å². The van der Waals surface area contributed by atoms with Crippen LogP contribution in [0.2, 0.25) is 0 Å². The topological polar surface area (TPSA) is 50.7 Å². The molecule has 1 aromatic carbocycles. The molecule has 1 heterocycles. The Balaban J connectivity index is 2.16. The molecule has 4 nitrogen and oxygen atoms in total. The fourth-order valence-corrected chi connectivity index (χ4v) is 1.55. The molecule has 0 aromatic heterocycles. The van der Waals surface area contributed by atoms with Crippen molar-refractivity contribution in [1.29, 1.82) is 0 Å². The molecule has 0 aliphatic carbocycles. The lowest BCUT2D eigenvalue weighted by atomic mass is 10.1. The first-order chi connectivity index (χ1) is 7.46. The molecule has 1 aromatic rings. The smallest absolute Gasteiger partial charge is 0.231 e. The van der Waals surface area contributed by atoms with E-state index < -0.39 is 5.60 Å². The minimum atomic E-state index is -0.733. The van der Waals surface area contributed by atoms with E-state index in [0.717, 1.165) is 22.7 Å². The van der Waals surface area contributed by atoms with Gasteiger partial charge in [-0.15, -0.1) is 0 Å². The summed E-state index contributed by atoms with van der Waals surface area (Å²) in [6.07, 6.45) is 0. The molecule has 2 N–H and O–H groups in total. The Morgan fingerprint density at radius 2 is 1.94 bits per heavy atom. The summed E-state index contributed by atoms with van der Waals surface area (Å²) in [5.41, 5.74) is 1.31. The van der Waals surface area contributed by atoms with Crippen LogP contribution in [0.1, 0.15) is 19.4 Å². The van der Waals surface area contributed by atoms with Gasteiger partial charge in [0.05, 0.1) is 5.60 Å². The Kier molecular flexibility index (Phi) is 2.68. The van der Waals surface area contributed by atoms with E-state index in [-0.39, 0.29) is 6.79 Å². The van der Waals surface area contributed by atoms with E-state index in [0.29, 0.717) is 6.54 Å². The first-order valence-electron chi connectivity index (χ1n) is 5.32. The van der Waals surface area contributed by atoms with Gasteiger partial charge >= 0.3 is 0 Å². The minimum Gasteiger partial charge on any atom is -0.454 e. The van der Waals surface area contributed by atoms with Crippen molar-refractivity contribution in [2.75, 3.05) is 18.7 Å². The lowest BCUT2D eigenvalue weighted by Crippen LogP contribution is -2.29. The Labute approximate surface area is 95.2 Å². The maximum Gasteiger partial charge on any atom is 0.231 e. The second-order valence-corrected chi connectivity index (χ2v) is 4.69. The molecule has 0 saturated heterocycles. The van der Waals surface area contributed by atoms with Crippen LogP contribution in [0.15, 0.2) is 12.1 Å². The Hall–Kier alpha value is -1.42. The lowest BCUT2D eigenvalue weighted by Gasteiger charge is -2.19. The molecule has 4 heteroatoms. The molecule has 1 aliphatic heterocycles. The van der Waals surface area contributed by atoms with E-state index in [9.17, 15) is 5.11 Å². The standard InChI is InChI=1S/C12H17NO3/c1-8-4-10-11(16-7-15-10)5-9(8)13-6-12(2,3)14/h4-5,13-14H,6-7H2,1-3H3. The van der Waals surface area contributed by atoms with Gasteiger partial charge in [-0.2, -0.15) is 0 Å². The number of aliphatic hydroxyl groups is 1. The van der Waals surface area contributed by atoms with Crippen molar-refractivity contribution in [3.63, 3.8) is 0 Å². The number of nitrogens with one attached hydrogen (secondary N) is 1. The van der Waals surface area contributed by atoms with Gasteiger partial charge in [0.1, 0.15) is 0 Å². The van der Waals surface area contributed by atoms with E-state index in [1.807, 2.05) is 19.1 Å². The van der Waals surface area contributed by atoms with Gasteiger partial charge in [-0.3, -0.25) is 0 Å². The van der Waals surface area contributed by atoms with Crippen LogP contribution in [0, 0.1) is 6.92 Å². The fourth-order valence-electron chi connectivity index (χ4n) is 1.55. The molecule has 1 aliphatic rings. The molecule has 0 fully saturated rings. The first kappa shape index (κ1) is 11.1. The van der Waals surface area contributed by atoms with Gasteiger partial charge < -0.3 is 19.9 Å². The van der Waals surface area contributed by atoms with Crippen molar-refractivity contribution >= 4 is 5.69 Å². The van der Waals surface area contributed by atoms with Gasteiger partial charge in [0.2, 0.25) is 6.79 Å². The van der Waals surface area contributed by atoms with Gasteiger partial charge in [0.25, 0.3) is 0 Å². The molecule has 0 atom stereocenters. The molecule has 2 rings (SSSR count). The number of hydrogen-bond acceptors (Lipinski definition) is 4. The van der Waals surface area contributed by atoms with Crippen LogP contribution >= 0.6 is 0 Å². The number of hydrogen-bond donors (Lipinski definition) is 2. The third kappa shape index (κ3) is 2.39. The van der Waals surface area contributed by atoms with Crippen molar-refractivity contribution in [3.05, 3.63) is 17.7 Å². The first-order valence-corrected chi connectivity index (χ1v) is 5.32. The molecule has 0 radical (unpaired) electrons. The molecule has 0 unspecified atom stereocenters. The highest BCUT2D eigenvalue weighted by molar-refractivity contribution is 5.60. The number of benzene rings is 1. The predicted octanol–water partition coefficient (Wildman–Crippen LogP) is 1.91. The highest BCUT2D eigenvalue weighted by atomic mass is 16.7. The summed E-state index contributed by atoms with van der Waals surface area (Å²) in [5.74, 6) is 1.54. The molecule has 0 spiro atoms. The van der Waals surface area contributed by atoms with Crippen LogP contribution in [0.25, 0.3) is 0 Å². The van der Waals surface area contributed by atoms with Gasteiger partial charge in [0.15, 0.2) is 11.5 Å².